The van der Waals surface area contributed by atoms with Gasteiger partial charge in [0.25, 0.3) is 0 Å². The molecule has 2 aromatic rings. The summed E-state index contributed by atoms with van der Waals surface area (Å²) in [4.78, 5) is 9.15. The Kier molecular flexibility index (Phi) is 4.31. The predicted octanol–water partition coefficient (Wildman–Crippen LogP) is 2.68. The van der Waals surface area contributed by atoms with Gasteiger partial charge in [0, 0.05) is 18.7 Å². The SMILES string of the molecule is CC(C)n1c(CCCCCN)nc2cccnc21. The van der Waals surface area contributed by atoms with Crippen molar-refractivity contribution in [1.29, 1.82) is 0 Å². The molecule has 0 saturated carbocycles. The zero-order valence-electron chi connectivity index (χ0n) is 11.3. The van der Waals surface area contributed by atoms with Crippen LogP contribution in [0.5, 0.6) is 0 Å². The summed E-state index contributed by atoms with van der Waals surface area (Å²) in [5.41, 5.74) is 7.52. The van der Waals surface area contributed by atoms with E-state index in [1.54, 1.807) is 0 Å². The van der Waals surface area contributed by atoms with E-state index in [-0.39, 0.29) is 0 Å². The van der Waals surface area contributed by atoms with Gasteiger partial charge in [-0.1, -0.05) is 6.42 Å². The molecule has 0 spiro atoms. The van der Waals surface area contributed by atoms with Gasteiger partial charge in [-0.2, -0.15) is 0 Å². The Balaban J connectivity index is 2.23. The van der Waals surface area contributed by atoms with Gasteiger partial charge in [0.1, 0.15) is 11.3 Å². The van der Waals surface area contributed by atoms with Crippen LogP contribution in [-0.4, -0.2) is 21.1 Å². The molecular formula is C14H22N4. The van der Waals surface area contributed by atoms with Gasteiger partial charge in [0.15, 0.2) is 5.65 Å². The van der Waals surface area contributed by atoms with Crippen molar-refractivity contribution >= 4 is 11.2 Å². The van der Waals surface area contributed by atoms with Crippen molar-refractivity contribution in [2.24, 2.45) is 5.73 Å². The topological polar surface area (TPSA) is 56.7 Å². The van der Waals surface area contributed by atoms with Gasteiger partial charge in [0.2, 0.25) is 0 Å². The monoisotopic (exact) mass is 246 g/mol. The summed E-state index contributed by atoms with van der Waals surface area (Å²) in [5, 5.41) is 0. The molecule has 0 aliphatic heterocycles. The van der Waals surface area contributed by atoms with Gasteiger partial charge in [-0.25, -0.2) is 9.97 Å². The smallest absolute Gasteiger partial charge is 0.160 e. The normalized spacial score (nSPS) is 11.6. The molecule has 2 aromatic heterocycles. The Morgan fingerprint density at radius 3 is 2.83 bits per heavy atom. The summed E-state index contributed by atoms with van der Waals surface area (Å²) in [7, 11) is 0. The molecule has 4 heteroatoms. The third kappa shape index (κ3) is 2.70. The summed E-state index contributed by atoms with van der Waals surface area (Å²) >= 11 is 0. The van der Waals surface area contributed by atoms with Crippen LogP contribution in [0.4, 0.5) is 0 Å². The molecule has 0 aliphatic carbocycles. The molecule has 0 unspecified atom stereocenters. The maximum atomic E-state index is 5.52. The van der Waals surface area contributed by atoms with Crippen molar-refractivity contribution in [1.82, 2.24) is 14.5 Å². The lowest BCUT2D eigenvalue weighted by Gasteiger charge is -2.12. The first-order valence-electron chi connectivity index (χ1n) is 6.76. The highest BCUT2D eigenvalue weighted by atomic mass is 15.1. The number of fused-ring (bicyclic) bond motifs is 1. The molecule has 98 valence electrons. The number of pyridine rings is 1. The summed E-state index contributed by atoms with van der Waals surface area (Å²) < 4.78 is 2.25. The van der Waals surface area contributed by atoms with Crippen LogP contribution in [0.25, 0.3) is 11.2 Å². The quantitative estimate of drug-likeness (QED) is 0.797. The minimum absolute atomic E-state index is 0.398. The fourth-order valence-electron chi connectivity index (χ4n) is 2.30. The highest BCUT2D eigenvalue weighted by Gasteiger charge is 2.13. The number of aryl methyl sites for hydroxylation is 1. The van der Waals surface area contributed by atoms with Crippen LogP contribution in [0.2, 0.25) is 0 Å². The van der Waals surface area contributed by atoms with Gasteiger partial charge < -0.3 is 10.3 Å². The number of nitrogens with two attached hydrogens (primary N) is 1. The zero-order chi connectivity index (χ0) is 13.0. The van der Waals surface area contributed by atoms with Crippen LogP contribution in [0.3, 0.4) is 0 Å². The lowest BCUT2D eigenvalue weighted by molar-refractivity contribution is 0.563. The van der Waals surface area contributed by atoms with Crippen molar-refractivity contribution in [2.75, 3.05) is 6.54 Å². The highest BCUT2D eigenvalue weighted by molar-refractivity contribution is 5.71. The van der Waals surface area contributed by atoms with Crippen molar-refractivity contribution in [3.63, 3.8) is 0 Å². The standard InChI is InChI=1S/C14H22N4/c1-11(2)18-13(8-4-3-5-9-15)17-12-7-6-10-16-14(12)18/h6-7,10-11H,3-5,8-9,15H2,1-2H3. The van der Waals surface area contributed by atoms with Crippen LogP contribution in [0.1, 0.15) is 45.0 Å². The highest BCUT2D eigenvalue weighted by Crippen LogP contribution is 2.20. The van der Waals surface area contributed by atoms with Crippen LogP contribution < -0.4 is 5.73 Å². The van der Waals surface area contributed by atoms with E-state index in [2.05, 4.69) is 23.4 Å². The molecule has 0 bridgehead atoms. The first-order chi connectivity index (χ1) is 8.74. The number of unbranched alkanes of at least 4 members (excludes halogenated alkanes) is 2. The summed E-state index contributed by atoms with van der Waals surface area (Å²) in [5.74, 6) is 1.15. The molecule has 0 radical (unpaired) electrons. The molecule has 2 N–H and O–H groups in total. The van der Waals surface area contributed by atoms with Crippen LogP contribution in [0.15, 0.2) is 18.3 Å². The average Bonchev–Trinajstić information content (AvgIpc) is 2.73. The van der Waals surface area contributed by atoms with E-state index in [0.717, 1.165) is 42.8 Å². The number of aromatic nitrogens is 3. The molecule has 0 aromatic carbocycles. The summed E-state index contributed by atoms with van der Waals surface area (Å²) in [6.07, 6.45) is 6.26. The molecule has 18 heavy (non-hydrogen) atoms. The fourth-order valence-corrected chi connectivity index (χ4v) is 2.30. The van der Waals surface area contributed by atoms with Gasteiger partial charge in [-0.05, 0) is 45.4 Å². The van der Waals surface area contributed by atoms with Crippen molar-refractivity contribution < 1.29 is 0 Å². The number of hydrogen-bond donors (Lipinski definition) is 1. The summed E-state index contributed by atoms with van der Waals surface area (Å²) in [6.45, 7) is 5.14. The molecule has 0 amide bonds. The minimum atomic E-state index is 0.398. The fraction of sp³-hybridized carbons (Fsp3) is 0.571. The Morgan fingerprint density at radius 2 is 2.11 bits per heavy atom. The number of hydrogen-bond acceptors (Lipinski definition) is 3. The molecular weight excluding hydrogens is 224 g/mol. The molecule has 0 saturated heterocycles. The Hall–Kier alpha value is -1.42. The van der Waals surface area contributed by atoms with Gasteiger partial charge in [-0.3, -0.25) is 0 Å². The number of rotatable bonds is 6. The van der Waals surface area contributed by atoms with Gasteiger partial charge in [-0.15, -0.1) is 0 Å². The molecule has 0 aliphatic rings. The zero-order valence-corrected chi connectivity index (χ0v) is 11.3. The van der Waals surface area contributed by atoms with Gasteiger partial charge >= 0.3 is 0 Å². The number of nitrogens with zero attached hydrogens (tertiary/aromatic N) is 3. The molecule has 0 fully saturated rings. The summed E-state index contributed by atoms with van der Waals surface area (Å²) in [6, 6.07) is 4.37. The van der Waals surface area contributed by atoms with Crippen molar-refractivity contribution in [2.45, 2.75) is 45.6 Å². The van der Waals surface area contributed by atoms with Crippen molar-refractivity contribution in [3.05, 3.63) is 24.2 Å². The van der Waals surface area contributed by atoms with E-state index in [0.29, 0.717) is 6.04 Å². The minimum Gasteiger partial charge on any atom is -0.330 e. The third-order valence-corrected chi connectivity index (χ3v) is 3.14. The molecule has 4 nitrogen and oxygen atoms in total. The largest absolute Gasteiger partial charge is 0.330 e. The van der Waals surface area contributed by atoms with E-state index >= 15 is 0 Å². The van der Waals surface area contributed by atoms with E-state index in [9.17, 15) is 0 Å². The average molecular weight is 246 g/mol. The maximum absolute atomic E-state index is 5.52. The van der Waals surface area contributed by atoms with Crippen molar-refractivity contribution in [3.8, 4) is 0 Å². The first kappa shape index (κ1) is 13.0. The van der Waals surface area contributed by atoms with Crippen LogP contribution in [-0.2, 0) is 6.42 Å². The van der Waals surface area contributed by atoms with E-state index in [1.807, 2.05) is 18.3 Å². The lowest BCUT2D eigenvalue weighted by atomic mass is 10.2. The maximum Gasteiger partial charge on any atom is 0.160 e. The Morgan fingerprint density at radius 1 is 1.28 bits per heavy atom. The second-order valence-electron chi connectivity index (χ2n) is 4.94. The van der Waals surface area contributed by atoms with Gasteiger partial charge in [0.05, 0.1) is 0 Å². The van der Waals surface area contributed by atoms with E-state index < -0.39 is 0 Å². The third-order valence-electron chi connectivity index (χ3n) is 3.14. The van der Waals surface area contributed by atoms with E-state index in [4.69, 9.17) is 10.7 Å². The molecule has 2 rings (SSSR count). The van der Waals surface area contributed by atoms with Crippen LogP contribution >= 0.6 is 0 Å². The van der Waals surface area contributed by atoms with E-state index in [1.165, 1.54) is 6.42 Å². The molecule has 0 atom stereocenters. The Bertz CT molecular complexity index is 501. The number of imidazole rings is 1. The second-order valence-corrected chi connectivity index (χ2v) is 4.94. The predicted molar refractivity (Wildman–Crippen MR) is 74.5 cm³/mol. The Labute approximate surface area is 108 Å². The first-order valence-corrected chi connectivity index (χ1v) is 6.76. The lowest BCUT2D eigenvalue weighted by Crippen LogP contribution is -2.07. The molecule has 2 heterocycles. The second kappa shape index (κ2) is 5.96. The van der Waals surface area contributed by atoms with Crippen LogP contribution in [0, 0.1) is 0 Å².